The Hall–Kier alpha value is -2.68. The van der Waals surface area contributed by atoms with E-state index < -0.39 is 17.9 Å². The zero-order chi connectivity index (χ0) is 16.4. The molecule has 1 aliphatic heterocycles. The summed E-state index contributed by atoms with van der Waals surface area (Å²) in [6, 6.07) is 9.56. The number of carbonyl (C=O) groups is 2. The Morgan fingerprint density at radius 2 is 1.77 bits per heavy atom. The summed E-state index contributed by atoms with van der Waals surface area (Å²) >= 11 is 0. The number of carbonyl (C=O) groups excluding carboxylic acids is 2. The second-order valence-electron chi connectivity index (χ2n) is 5.50. The van der Waals surface area contributed by atoms with Crippen molar-refractivity contribution in [3.05, 3.63) is 35.4 Å². The second-order valence-corrected chi connectivity index (χ2v) is 5.50. The van der Waals surface area contributed by atoms with E-state index in [1.54, 1.807) is 18.7 Å². The van der Waals surface area contributed by atoms with Crippen LogP contribution in [0.2, 0.25) is 0 Å². The van der Waals surface area contributed by atoms with Crippen LogP contribution in [-0.4, -0.2) is 53.3 Å². The third-order valence-electron chi connectivity index (χ3n) is 3.81. The highest BCUT2D eigenvalue weighted by atomic mass is 16.2. The largest absolute Gasteiger partial charge is 0.417 e. The predicted octanol–water partition coefficient (Wildman–Crippen LogP) is 1.20. The molecule has 0 aliphatic carbocycles. The molecular formula is C16H19N4O2+. The fourth-order valence-electron chi connectivity index (χ4n) is 2.55. The van der Waals surface area contributed by atoms with Crippen molar-refractivity contribution in [3.8, 4) is 6.07 Å². The fraction of sp³-hybridized carbons (Fsp3) is 0.375. The first-order valence-electron chi connectivity index (χ1n) is 6.95. The maximum Gasteiger partial charge on any atom is 0.417 e. The third-order valence-corrected chi connectivity index (χ3v) is 3.81. The van der Waals surface area contributed by atoms with Gasteiger partial charge in [-0.3, -0.25) is 9.37 Å². The maximum atomic E-state index is 12.1. The molecule has 1 aromatic carbocycles. The van der Waals surface area contributed by atoms with Crippen LogP contribution in [0.5, 0.6) is 0 Å². The summed E-state index contributed by atoms with van der Waals surface area (Å²) in [5.41, 5.74) is 2.21. The number of nitriles is 1. The number of aryl methyl sites for hydroxylation is 1. The highest BCUT2D eigenvalue weighted by molar-refractivity contribution is 6.17. The van der Waals surface area contributed by atoms with Crippen LogP contribution in [0.25, 0.3) is 0 Å². The lowest BCUT2D eigenvalue weighted by Crippen LogP contribution is -2.58. The average molecular weight is 299 g/mol. The lowest BCUT2D eigenvalue weighted by molar-refractivity contribution is -0.520. The molecular weight excluding hydrogens is 280 g/mol. The minimum atomic E-state index is -0.969. The summed E-state index contributed by atoms with van der Waals surface area (Å²) in [6.07, 6.45) is 0. The van der Waals surface area contributed by atoms with Gasteiger partial charge in [0.25, 0.3) is 11.7 Å². The van der Waals surface area contributed by atoms with E-state index in [2.05, 4.69) is 0 Å². The van der Waals surface area contributed by atoms with Crippen LogP contribution in [-0.2, 0) is 11.3 Å². The fourth-order valence-corrected chi connectivity index (χ4v) is 2.55. The van der Waals surface area contributed by atoms with Gasteiger partial charge < -0.3 is 0 Å². The number of amides is 3. The molecule has 1 unspecified atom stereocenters. The number of hydrogen-bond donors (Lipinski definition) is 0. The number of hydrogen-bond acceptors (Lipinski definition) is 3. The number of imide groups is 1. The Labute approximate surface area is 129 Å². The van der Waals surface area contributed by atoms with E-state index in [0.29, 0.717) is 12.4 Å². The van der Waals surface area contributed by atoms with E-state index in [9.17, 15) is 14.9 Å². The lowest BCUT2D eigenvalue weighted by Gasteiger charge is -2.28. The zero-order valence-corrected chi connectivity index (χ0v) is 13.2. The van der Waals surface area contributed by atoms with Crippen LogP contribution in [0.1, 0.15) is 11.1 Å². The van der Waals surface area contributed by atoms with Gasteiger partial charge in [-0.05, 0) is 12.5 Å². The molecule has 22 heavy (non-hydrogen) atoms. The van der Waals surface area contributed by atoms with E-state index in [1.165, 1.54) is 11.9 Å². The molecule has 1 fully saturated rings. The molecule has 6 nitrogen and oxygen atoms in total. The monoisotopic (exact) mass is 299 g/mol. The highest BCUT2D eigenvalue weighted by Gasteiger charge is 2.47. The molecule has 0 saturated carbocycles. The van der Waals surface area contributed by atoms with Crippen LogP contribution in [0.15, 0.2) is 24.3 Å². The molecule has 1 aromatic rings. The van der Waals surface area contributed by atoms with Crippen molar-refractivity contribution < 1.29 is 14.2 Å². The van der Waals surface area contributed by atoms with Crippen molar-refractivity contribution in [1.29, 1.82) is 5.26 Å². The smallest absolute Gasteiger partial charge is 0.272 e. The molecule has 0 spiro atoms. The normalized spacial score (nSPS) is 21.0. The van der Waals surface area contributed by atoms with Crippen molar-refractivity contribution in [2.45, 2.75) is 13.5 Å². The first kappa shape index (κ1) is 15.7. The van der Waals surface area contributed by atoms with Gasteiger partial charge in [0, 0.05) is 7.05 Å². The molecule has 6 heteroatoms. The molecule has 0 N–H and O–H groups in total. The first-order valence-corrected chi connectivity index (χ1v) is 6.95. The summed E-state index contributed by atoms with van der Waals surface area (Å²) in [5.74, 6) is -1.05. The minimum Gasteiger partial charge on any atom is -0.272 e. The van der Waals surface area contributed by atoms with Gasteiger partial charge in [-0.15, -0.1) is 0 Å². The molecule has 2 rings (SSSR count). The number of nitrogens with zero attached hydrogens (tertiary/aromatic N) is 4. The number of amidine groups is 1. The SMILES string of the molecule is Cc1ccc(C[N+](C)=C2C(C#N)C(=O)N(C)C(=O)N2C)cc1. The molecule has 0 bridgehead atoms. The van der Waals surface area contributed by atoms with Crippen molar-refractivity contribution in [3.63, 3.8) is 0 Å². The maximum absolute atomic E-state index is 12.1. The molecule has 3 amide bonds. The molecule has 0 aromatic heterocycles. The standard InChI is InChI=1S/C16H19N4O2/c1-11-5-7-12(8-6-11)10-18(2)14-13(9-17)15(21)20(4)16(22)19(14)3/h5-8,13H,10H2,1-4H3/q+1. The molecule has 1 atom stereocenters. The molecule has 0 radical (unpaired) electrons. The summed E-state index contributed by atoms with van der Waals surface area (Å²) in [5, 5.41) is 9.32. The van der Waals surface area contributed by atoms with Gasteiger partial charge in [-0.25, -0.2) is 9.69 Å². The van der Waals surface area contributed by atoms with Crippen LogP contribution in [0, 0.1) is 24.2 Å². The highest BCUT2D eigenvalue weighted by Crippen LogP contribution is 2.16. The van der Waals surface area contributed by atoms with Crippen LogP contribution in [0.4, 0.5) is 4.79 Å². The Kier molecular flexibility index (Phi) is 4.27. The van der Waals surface area contributed by atoms with Gasteiger partial charge in [-0.1, -0.05) is 29.8 Å². The average Bonchev–Trinajstić information content (AvgIpc) is 2.50. The quantitative estimate of drug-likeness (QED) is 0.771. The summed E-state index contributed by atoms with van der Waals surface area (Å²) in [7, 11) is 4.75. The molecule has 1 aliphatic rings. The van der Waals surface area contributed by atoms with Gasteiger partial charge in [-0.2, -0.15) is 10.2 Å². The van der Waals surface area contributed by atoms with E-state index in [4.69, 9.17) is 0 Å². The Morgan fingerprint density at radius 3 is 2.32 bits per heavy atom. The van der Waals surface area contributed by atoms with E-state index >= 15 is 0 Å². The number of rotatable bonds is 2. The van der Waals surface area contributed by atoms with Crippen molar-refractivity contribution in [2.75, 3.05) is 21.1 Å². The van der Waals surface area contributed by atoms with E-state index in [-0.39, 0.29) is 0 Å². The minimum absolute atomic E-state index is 0.413. The Bertz CT molecular complexity index is 685. The van der Waals surface area contributed by atoms with Crippen molar-refractivity contribution in [2.24, 2.45) is 5.92 Å². The second kappa shape index (κ2) is 5.98. The van der Waals surface area contributed by atoms with Gasteiger partial charge in [0.05, 0.1) is 20.2 Å². The van der Waals surface area contributed by atoms with E-state index in [1.807, 2.05) is 37.3 Å². The molecule has 1 heterocycles. The van der Waals surface area contributed by atoms with Gasteiger partial charge in [0.15, 0.2) is 0 Å². The van der Waals surface area contributed by atoms with Crippen LogP contribution < -0.4 is 0 Å². The topological polar surface area (TPSA) is 67.4 Å². The summed E-state index contributed by atoms with van der Waals surface area (Å²) in [4.78, 5) is 26.6. The summed E-state index contributed by atoms with van der Waals surface area (Å²) in [6.45, 7) is 2.53. The lowest BCUT2D eigenvalue weighted by atomic mass is 10.0. The Balaban J connectivity index is 2.40. The van der Waals surface area contributed by atoms with Gasteiger partial charge >= 0.3 is 6.03 Å². The zero-order valence-electron chi connectivity index (χ0n) is 13.2. The van der Waals surface area contributed by atoms with Gasteiger partial charge in [0.2, 0.25) is 5.92 Å². The van der Waals surface area contributed by atoms with Crippen molar-refractivity contribution in [1.82, 2.24) is 9.80 Å². The molecule has 114 valence electrons. The number of urea groups is 1. The van der Waals surface area contributed by atoms with Crippen molar-refractivity contribution >= 4 is 17.8 Å². The molecule has 1 saturated heterocycles. The third kappa shape index (κ3) is 2.70. The number of benzene rings is 1. The summed E-state index contributed by atoms with van der Waals surface area (Å²) < 4.78 is 1.78. The van der Waals surface area contributed by atoms with Gasteiger partial charge in [0.1, 0.15) is 6.54 Å². The van der Waals surface area contributed by atoms with E-state index in [0.717, 1.165) is 16.0 Å². The predicted molar refractivity (Wildman–Crippen MR) is 81.1 cm³/mol. The Morgan fingerprint density at radius 1 is 1.18 bits per heavy atom. The van der Waals surface area contributed by atoms with Crippen LogP contribution >= 0.6 is 0 Å². The van der Waals surface area contributed by atoms with Crippen LogP contribution in [0.3, 0.4) is 0 Å². The first-order chi connectivity index (χ1) is 10.4.